The molecule has 90 valence electrons. The van der Waals surface area contributed by atoms with E-state index in [1.807, 2.05) is 0 Å². The van der Waals surface area contributed by atoms with Crippen LogP contribution in [0, 0.1) is 11.3 Å². The average Bonchev–Trinajstić information content (AvgIpc) is 2.18. The summed E-state index contributed by atoms with van der Waals surface area (Å²) >= 11 is 5.54. The Bertz CT molecular complexity index is 505. The molecule has 0 heterocycles. The van der Waals surface area contributed by atoms with Gasteiger partial charge >= 0.3 is 6.36 Å². The highest BCUT2D eigenvalue weighted by molar-refractivity contribution is 6.32. The van der Waals surface area contributed by atoms with E-state index in [-0.39, 0.29) is 5.56 Å². The molecule has 7 heteroatoms. The number of hydrogen-bond donors (Lipinski definition) is 0. The molecule has 0 aliphatic rings. The Hall–Kier alpha value is -1.74. The second kappa shape index (κ2) is 4.63. The molecule has 1 aromatic rings. The number of halogens is 4. The van der Waals surface area contributed by atoms with Crippen molar-refractivity contribution < 1.29 is 22.7 Å². The second-order valence-corrected chi connectivity index (χ2v) is 3.46. The molecule has 0 N–H and O–H groups in total. The maximum atomic E-state index is 12.0. The zero-order chi connectivity index (χ0) is 13.2. The number of carbonyl (C=O) groups is 1. The number of nitrogens with zero attached hydrogens (tertiary/aromatic N) is 1. The summed E-state index contributed by atoms with van der Waals surface area (Å²) in [6.07, 6.45) is -4.95. The smallest absolute Gasteiger partial charge is 0.403 e. The first-order chi connectivity index (χ1) is 7.74. The van der Waals surface area contributed by atoms with Gasteiger partial charge in [0.05, 0.1) is 10.6 Å². The molecule has 0 amide bonds. The van der Waals surface area contributed by atoms with Gasteiger partial charge in [-0.1, -0.05) is 11.6 Å². The van der Waals surface area contributed by atoms with E-state index >= 15 is 0 Å². The lowest BCUT2D eigenvalue weighted by Crippen LogP contribution is -2.18. The summed E-state index contributed by atoms with van der Waals surface area (Å²) in [5.74, 6) is -1.21. The largest absolute Gasteiger partial charge is 0.573 e. The van der Waals surface area contributed by atoms with Crippen LogP contribution >= 0.6 is 11.6 Å². The van der Waals surface area contributed by atoms with Gasteiger partial charge in [0.15, 0.2) is 11.5 Å². The fraction of sp³-hybridized carbons (Fsp3) is 0.200. The lowest BCUT2D eigenvalue weighted by molar-refractivity contribution is -0.274. The molecule has 1 aromatic carbocycles. The van der Waals surface area contributed by atoms with Gasteiger partial charge in [0, 0.05) is 5.56 Å². The first kappa shape index (κ1) is 13.3. The summed E-state index contributed by atoms with van der Waals surface area (Å²) in [7, 11) is 0. The number of ether oxygens (including phenoxy) is 1. The summed E-state index contributed by atoms with van der Waals surface area (Å²) in [4.78, 5) is 11.0. The average molecular weight is 264 g/mol. The normalized spacial score (nSPS) is 10.8. The Labute approximate surface area is 99.4 Å². The molecule has 17 heavy (non-hydrogen) atoms. The molecule has 3 nitrogen and oxygen atoms in total. The predicted octanol–water partition coefficient (Wildman–Crippen LogP) is 3.31. The first-order valence-electron chi connectivity index (χ1n) is 4.25. The van der Waals surface area contributed by atoms with Crippen molar-refractivity contribution in [1.82, 2.24) is 0 Å². The van der Waals surface area contributed by atoms with Crippen LogP contribution in [0.25, 0.3) is 0 Å². The number of Topliss-reactive ketones (excluding diaryl/α,β-unsaturated/α-hetero) is 1. The molecule has 0 atom stereocenters. The van der Waals surface area contributed by atoms with E-state index in [4.69, 9.17) is 16.9 Å². The molecular weight excluding hydrogens is 259 g/mol. The number of nitriles is 1. The first-order valence-corrected chi connectivity index (χ1v) is 4.62. The van der Waals surface area contributed by atoms with Crippen LogP contribution in [0.4, 0.5) is 13.2 Å². The van der Waals surface area contributed by atoms with Gasteiger partial charge in [-0.2, -0.15) is 5.26 Å². The van der Waals surface area contributed by atoms with E-state index < -0.39 is 28.5 Å². The van der Waals surface area contributed by atoms with Crippen LogP contribution in [-0.4, -0.2) is 12.1 Å². The van der Waals surface area contributed by atoms with Gasteiger partial charge < -0.3 is 4.74 Å². The minimum absolute atomic E-state index is 0.0427. The Kier molecular flexibility index (Phi) is 3.63. The summed E-state index contributed by atoms with van der Waals surface area (Å²) < 4.78 is 39.7. The highest BCUT2D eigenvalue weighted by atomic mass is 35.5. The SMILES string of the molecule is CC(=O)c1cc(Cl)c(OC(F)(F)F)c(C#N)c1. The van der Waals surface area contributed by atoms with E-state index in [0.29, 0.717) is 0 Å². The van der Waals surface area contributed by atoms with Gasteiger partial charge in [0.1, 0.15) is 6.07 Å². The quantitative estimate of drug-likeness (QED) is 0.769. The highest BCUT2D eigenvalue weighted by Gasteiger charge is 2.33. The zero-order valence-electron chi connectivity index (χ0n) is 8.43. The van der Waals surface area contributed by atoms with Crippen LogP contribution in [0.15, 0.2) is 12.1 Å². The Morgan fingerprint density at radius 1 is 1.47 bits per heavy atom. The lowest BCUT2D eigenvalue weighted by Gasteiger charge is -2.12. The summed E-state index contributed by atoms with van der Waals surface area (Å²) in [5.41, 5.74) is -0.402. The number of alkyl halides is 3. The van der Waals surface area contributed by atoms with Gasteiger partial charge in [-0.05, 0) is 19.1 Å². The minimum Gasteiger partial charge on any atom is -0.403 e. The molecule has 1 rings (SSSR count). The van der Waals surface area contributed by atoms with Gasteiger partial charge in [0.25, 0.3) is 0 Å². The third kappa shape index (κ3) is 3.36. The van der Waals surface area contributed by atoms with Crippen molar-refractivity contribution in [2.45, 2.75) is 13.3 Å². The van der Waals surface area contributed by atoms with Gasteiger partial charge in [-0.25, -0.2) is 0 Å². The van der Waals surface area contributed by atoms with Crippen molar-refractivity contribution >= 4 is 17.4 Å². The molecule has 0 unspecified atom stereocenters. The maximum absolute atomic E-state index is 12.0. The van der Waals surface area contributed by atoms with Crippen LogP contribution in [0.2, 0.25) is 5.02 Å². The molecule has 0 aromatic heterocycles. The molecule has 0 saturated heterocycles. The van der Waals surface area contributed by atoms with Crippen molar-refractivity contribution in [3.05, 3.63) is 28.3 Å². The van der Waals surface area contributed by atoms with Gasteiger partial charge in [0.2, 0.25) is 0 Å². The Balaban J connectivity index is 3.33. The van der Waals surface area contributed by atoms with Crippen LogP contribution in [0.1, 0.15) is 22.8 Å². The fourth-order valence-electron chi connectivity index (χ4n) is 1.10. The van der Waals surface area contributed by atoms with E-state index in [1.54, 1.807) is 0 Å². The second-order valence-electron chi connectivity index (χ2n) is 3.05. The number of carbonyl (C=O) groups excluding carboxylic acids is 1. The van der Waals surface area contributed by atoms with Crippen molar-refractivity contribution in [2.75, 3.05) is 0 Å². The maximum Gasteiger partial charge on any atom is 0.573 e. The van der Waals surface area contributed by atoms with Gasteiger partial charge in [-0.15, -0.1) is 13.2 Å². The predicted molar refractivity (Wildman–Crippen MR) is 52.9 cm³/mol. The molecule has 0 bridgehead atoms. The van der Waals surface area contributed by atoms with Crippen molar-refractivity contribution in [3.63, 3.8) is 0 Å². The third-order valence-corrected chi connectivity index (χ3v) is 2.07. The van der Waals surface area contributed by atoms with Crippen LogP contribution in [0.3, 0.4) is 0 Å². The number of rotatable bonds is 2. The van der Waals surface area contributed by atoms with Crippen LogP contribution < -0.4 is 4.74 Å². The molecule has 0 radical (unpaired) electrons. The summed E-state index contributed by atoms with van der Waals surface area (Å²) in [6.45, 7) is 1.21. The Morgan fingerprint density at radius 2 is 2.06 bits per heavy atom. The molecule has 0 saturated carbocycles. The summed E-state index contributed by atoms with van der Waals surface area (Å²) in [5, 5.41) is 8.24. The zero-order valence-corrected chi connectivity index (χ0v) is 9.19. The Morgan fingerprint density at radius 3 is 2.47 bits per heavy atom. The third-order valence-electron chi connectivity index (χ3n) is 1.79. The number of hydrogen-bond acceptors (Lipinski definition) is 3. The van der Waals surface area contributed by atoms with Gasteiger partial charge in [-0.3, -0.25) is 4.79 Å². The van der Waals surface area contributed by atoms with Crippen LogP contribution in [0.5, 0.6) is 5.75 Å². The van der Waals surface area contributed by atoms with E-state index in [9.17, 15) is 18.0 Å². The minimum atomic E-state index is -4.95. The van der Waals surface area contributed by atoms with Crippen molar-refractivity contribution in [3.8, 4) is 11.8 Å². The van der Waals surface area contributed by atoms with Crippen LogP contribution in [-0.2, 0) is 0 Å². The lowest BCUT2D eigenvalue weighted by atomic mass is 10.1. The highest BCUT2D eigenvalue weighted by Crippen LogP contribution is 2.34. The summed E-state index contributed by atoms with van der Waals surface area (Å²) in [6, 6.07) is 3.51. The fourth-order valence-corrected chi connectivity index (χ4v) is 1.36. The van der Waals surface area contributed by atoms with E-state index in [0.717, 1.165) is 12.1 Å². The topological polar surface area (TPSA) is 50.1 Å². The molecule has 0 aliphatic heterocycles. The van der Waals surface area contributed by atoms with E-state index in [2.05, 4.69) is 4.74 Å². The molecule has 0 spiro atoms. The molecule has 0 aliphatic carbocycles. The van der Waals surface area contributed by atoms with Crippen molar-refractivity contribution in [1.29, 1.82) is 5.26 Å². The number of ketones is 1. The monoisotopic (exact) mass is 263 g/mol. The van der Waals surface area contributed by atoms with Crippen molar-refractivity contribution in [2.24, 2.45) is 0 Å². The van der Waals surface area contributed by atoms with E-state index in [1.165, 1.54) is 13.0 Å². The standard InChI is InChI=1S/C10H5ClF3NO2/c1-5(16)6-2-7(4-15)9(8(11)3-6)17-10(12,13)14/h2-3H,1H3. The number of benzene rings is 1. The molecular formula is C10H5ClF3NO2. The molecule has 0 fully saturated rings.